The maximum absolute atomic E-state index is 12.0. The summed E-state index contributed by atoms with van der Waals surface area (Å²) in [6, 6.07) is 5.28. The first kappa shape index (κ1) is 15.4. The van der Waals surface area contributed by atoms with E-state index in [-0.39, 0.29) is 18.6 Å². The highest BCUT2D eigenvalue weighted by Gasteiger charge is 2.20. The average molecular weight is 317 g/mol. The first-order valence-corrected chi connectivity index (χ1v) is 7.43. The van der Waals surface area contributed by atoms with Crippen LogP contribution in [0.3, 0.4) is 0 Å². The Bertz CT molecular complexity index is 482. The Labute approximate surface area is 128 Å². The van der Waals surface area contributed by atoms with Gasteiger partial charge in [-0.3, -0.25) is 4.79 Å². The standard InChI is InChI=1S/C14H18Cl2N2O2/c15-11-4-1-5-12(14(11)16)20-8-6-13(19)18-7-2-3-10(17)9-18/h1,4-5,10H,2-3,6-9,17H2/t10-/m0/s1. The minimum Gasteiger partial charge on any atom is -0.491 e. The zero-order valence-electron chi connectivity index (χ0n) is 11.1. The molecule has 110 valence electrons. The number of benzene rings is 1. The van der Waals surface area contributed by atoms with Gasteiger partial charge in [0, 0.05) is 19.1 Å². The molecule has 0 spiro atoms. The van der Waals surface area contributed by atoms with Gasteiger partial charge in [-0.15, -0.1) is 0 Å². The molecule has 6 heteroatoms. The van der Waals surface area contributed by atoms with Crippen LogP contribution in [0, 0.1) is 0 Å². The van der Waals surface area contributed by atoms with Crippen LogP contribution in [0.1, 0.15) is 19.3 Å². The van der Waals surface area contributed by atoms with Crippen LogP contribution in [0.4, 0.5) is 0 Å². The van der Waals surface area contributed by atoms with Crippen molar-refractivity contribution >= 4 is 29.1 Å². The predicted octanol–water partition coefficient (Wildman–Crippen LogP) is 2.71. The maximum Gasteiger partial charge on any atom is 0.226 e. The normalized spacial score (nSPS) is 18.9. The van der Waals surface area contributed by atoms with Gasteiger partial charge in [-0.25, -0.2) is 0 Å². The highest BCUT2D eigenvalue weighted by molar-refractivity contribution is 6.42. The van der Waals surface area contributed by atoms with E-state index in [1.807, 2.05) is 0 Å². The predicted molar refractivity (Wildman–Crippen MR) is 80.4 cm³/mol. The Hall–Kier alpha value is -0.970. The number of likely N-dealkylation sites (tertiary alicyclic amines) is 1. The average Bonchev–Trinajstić information content (AvgIpc) is 2.43. The van der Waals surface area contributed by atoms with Gasteiger partial charge in [0.2, 0.25) is 5.91 Å². The number of hydrogen-bond donors (Lipinski definition) is 1. The molecule has 0 aliphatic carbocycles. The molecular formula is C14H18Cl2N2O2. The minimum atomic E-state index is 0.0679. The second-order valence-corrected chi connectivity index (χ2v) is 5.68. The Balaban J connectivity index is 1.80. The zero-order chi connectivity index (χ0) is 14.5. The van der Waals surface area contributed by atoms with Crippen LogP contribution in [0.15, 0.2) is 18.2 Å². The number of carbonyl (C=O) groups excluding carboxylic acids is 1. The topological polar surface area (TPSA) is 55.6 Å². The fraction of sp³-hybridized carbons (Fsp3) is 0.500. The molecule has 1 aromatic carbocycles. The largest absolute Gasteiger partial charge is 0.491 e. The number of amides is 1. The SMILES string of the molecule is N[C@H]1CCCN(C(=O)CCOc2cccc(Cl)c2Cl)C1. The lowest BCUT2D eigenvalue weighted by Gasteiger charge is -2.30. The van der Waals surface area contributed by atoms with Crippen molar-refractivity contribution in [3.05, 3.63) is 28.2 Å². The second-order valence-electron chi connectivity index (χ2n) is 4.89. The molecule has 2 rings (SSSR count). The molecule has 1 aliphatic rings. The van der Waals surface area contributed by atoms with Gasteiger partial charge in [0.05, 0.1) is 18.1 Å². The van der Waals surface area contributed by atoms with Gasteiger partial charge < -0.3 is 15.4 Å². The molecule has 2 N–H and O–H groups in total. The van der Waals surface area contributed by atoms with Gasteiger partial charge in [-0.05, 0) is 25.0 Å². The molecule has 1 saturated heterocycles. The molecule has 1 fully saturated rings. The van der Waals surface area contributed by atoms with E-state index in [4.69, 9.17) is 33.7 Å². The summed E-state index contributed by atoms with van der Waals surface area (Å²) >= 11 is 11.9. The van der Waals surface area contributed by atoms with Crippen molar-refractivity contribution in [1.29, 1.82) is 0 Å². The number of rotatable bonds is 4. The van der Waals surface area contributed by atoms with Crippen LogP contribution < -0.4 is 10.5 Å². The summed E-state index contributed by atoms with van der Waals surface area (Å²) in [7, 11) is 0. The molecule has 0 unspecified atom stereocenters. The summed E-state index contributed by atoms with van der Waals surface area (Å²) in [5, 5.41) is 0.819. The van der Waals surface area contributed by atoms with E-state index in [1.165, 1.54) is 0 Å². The van der Waals surface area contributed by atoms with Crippen LogP contribution in [0.2, 0.25) is 10.0 Å². The summed E-state index contributed by atoms with van der Waals surface area (Å²) < 4.78 is 5.51. The quantitative estimate of drug-likeness (QED) is 0.929. The highest BCUT2D eigenvalue weighted by Crippen LogP contribution is 2.31. The zero-order valence-corrected chi connectivity index (χ0v) is 12.7. The molecular weight excluding hydrogens is 299 g/mol. The summed E-state index contributed by atoms with van der Waals surface area (Å²) in [4.78, 5) is 13.8. The summed E-state index contributed by atoms with van der Waals surface area (Å²) in [6.45, 7) is 1.70. The maximum atomic E-state index is 12.0. The summed E-state index contributed by atoms with van der Waals surface area (Å²) in [5.74, 6) is 0.570. The molecule has 1 aliphatic heterocycles. The molecule has 4 nitrogen and oxygen atoms in total. The third kappa shape index (κ3) is 4.01. The smallest absolute Gasteiger partial charge is 0.226 e. The van der Waals surface area contributed by atoms with Crippen LogP contribution in [-0.4, -0.2) is 36.5 Å². The number of halogens is 2. The van der Waals surface area contributed by atoms with Crippen molar-refractivity contribution in [1.82, 2.24) is 4.90 Å². The van der Waals surface area contributed by atoms with E-state index in [0.29, 0.717) is 28.8 Å². The van der Waals surface area contributed by atoms with E-state index in [1.54, 1.807) is 23.1 Å². The lowest BCUT2D eigenvalue weighted by Crippen LogP contribution is -2.46. The van der Waals surface area contributed by atoms with Crippen molar-refractivity contribution in [2.75, 3.05) is 19.7 Å². The molecule has 1 atom stereocenters. The monoisotopic (exact) mass is 316 g/mol. The summed E-state index contributed by atoms with van der Waals surface area (Å²) in [6.07, 6.45) is 2.27. The number of carbonyl (C=O) groups is 1. The number of piperidine rings is 1. The Morgan fingerprint density at radius 1 is 1.45 bits per heavy atom. The molecule has 0 radical (unpaired) electrons. The first-order chi connectivity index (χ1) is 9.58. The van der Waals surface area contributed by atoms with E-state index < -0.39 is 0 Å². The van der Waals surface area contributed by atoms with Gasteiger partial charge in [-0.1, -0.05) is 29.3 Å². The Kier molecular flexibility index (Phi) is 5.52. The molecule has 0 aromatic heterocycles. The molecule has 1 amide bonds. The number of nitrogens with two attached hydrogens (primary N) is 1. The van der Waals surface area contributed by atoms with Crippen LogP contribution in [0.5, 0.6) is 5.75 Å². The van der Waals surface area contributed by atoms with E-state index in [2.05, 4.69) is 0 Å². The second kappa shape index (κ2) is 7.16. The molecule has 1 heterocycles. The van der Waals surface area contributed by atoms with Gasteiger partial charge in [0.15, 0.2) is 0 Å². The van der Waals surface area contributed by atoms with Gasteiger partial charge in [-0.2, -0.15) is 0 Å². The molecule has 0 bridgehead atoms. The van der Waals surface area contributed by atoms with Gasteiger partial charge >= 0.3 is 0 Å². The fourth-order valence-corrected chi connectivity index (χ4v) is 2.58. The Morgan fingerprint density at radius 3 is 3.00 bits per heavy atom. The lowest BCUT2D eigenvalue weighted by atomic mass is 10.1. The number of nitrogens with zero attached hydrogens (tertiary/aromatic N) is 1. The molecule has 1 aromatic rings. The highest BCUT2D eigenvalue weighted by atomic mass is 35.5. The third-order valence-electron chi connectivity index (χ3n) is 3.30. The van der Waals surface area contributed by atoms with Crippen molar-refractivity contribution in [2.24, 2.45) is 5.73 Å². The van der Waals surface area contributed by atoms with E-state index in [9.17, 15) is 4.79 Å². The van der Waals surface area contributed by atoms with Crippen molar-refractivity contribution in [3.63, 3.8) is 0 Å². The third-order valence-corrected chi connectivity index (χ3v) is 4.10. The van der Waals surface area contributed by atoms with Crippen molar-refractivity contribution < 1.29 is 9.53 Å². The number of hydrogen-bond acceptors (Lipinski definition) is 3. The lowest BCUT2D eigenvalue weighted by molar-refractivity contribution is -0.132. The van der Waals surface area contributed by atoms with Gasteiger partial charge in [0.25, 0.3) is 0 Å². The van der Waals surface area contributed by atoms with Crippen LogP contribution >= 0.6 is 23.2 Å². The summed E-state index contributed by atoms with van der Waals surface area (Å²) in [5.41, 5.74) is 5.86. The molecule has 0 saturated carbocycles. The molecule has 20 heavy (non-hydrogen) atoms. The number of ether oxygens (including phenoxy) is 1. The van der Waals surface area contributed by atoms with Crippen LogP contribution in [-0.2, 0) is 4.79 Å². The first-order valence-electron chi connectivity index (χ1n) is 6.68. The van der Waals surface area contributed by atoms with Crippen molar-refractivity contribution in [3.8, 4) is 5.75 Å². The Morgan fingerprint density at radius 2 is 2.25 bits per heavy atom. The fourth-order valence-electron chi connectivity index (χ4n) is 2.24. The van der Waals surface area contributed by atoms with Gasteiger partial charge in [0.1, 0.15) is 10.8 Å². The van der Waals surface area contributed by atoms with Crippen molar-refractivity contribution in [2.45, 2.75) is 25.3 Å². The van der Waals surface area contributed by atoms with Crippen LogP contribution in [0.25, 0.3) is 0 Å². The van der Waals surface area contributed by atoms with E-state index in [0.717, 1.165) is 19.4 Å². The van der Waals surface area contributed by atoms with E-state index >= 15 is 0 Å². The minimum absolute atomic E-state index is 0.0679.